The molecule has 0 atom stereocenters. The predicted octanol–water partition coefficient (Wildman–Crippen LogP) is 2.50. The summed E-state index contributed by atoms with van der Waals surface area (Å²) in [5.41, 5.74) is 1.18. The van der Waals surface area contributed by atoms with E-state index in [9.17, 15) is 8.42 Å². The van der Waals surface area contributed by atoms with Gasteiger partial charge in [0, 0.05) is 31.0 Å². The van der Waals surface area contributed by atoms with E-state index >= 15 is 0 Å². The number of rotatable bonds is 9. The molecule has 1 saturated heterocycles. The Morgan fingerprint density at radius 1 is 1.06 bits per heavy atom. The predicted molar refractivity (Wildman–Crippen MR) is 126 cm³/mol. The standard InChI is InChI=1S/C21H28N4O4S2/c1-28-19-7-3-18(4-8-19)24-31(26,27)20-9-5-17(6-10-20)23-21(30)22-11-2-12-25-13-15-29-16-14-25/h3-10,24H,2,11-16H2,1H3,(H2,22,23,30). The van der Waals surface area contributed by atoms with Gasteiger partial charge in [0.15, 0.2) is 5.11 Å². The normalized spacial score (nSPS) is 14.6. The van der Waals surface area contributed by atoms with Crippen LogP contribution in [0.3, 0.4) is 0 Å². The number of benzene rings is 2. The van der Waals surface area contributed by atoms with Crippen molar-refractivity contribution in [3.63, 3.8) is 0 Å². The van der Waals surface area contributed by atoms with E-state index in [4.69, 9.17) is 21.7 Å². The van der Waals surface area contributed by atoms with E-state index < -0.39 is 10.0 Å². The lowest BCUT2D eigenvalue weighted by atomic mass is 10.3. The van der Waals surface area contributed by atoms with Gasteiger partial charge in [-0.3, -0.25) is 9.62 Å². The quantitative estimate of drug-likeness (QED) is 0.385. The highest BCUT2D eigenvalue weighted by Gasteiger charge is 2.14. The van der Waals surface area contributed by atoms with Crippen molar-refractivity contribution in [1.82, 2.24) is 10.2 Å². The van der Waals surface area contributed by atoms with E-state index in [1.54, 1.807) is 43.5 Å². The minimum Gasteiger partial charge on any atom is -0.497 e. The fourth-order valence-electron chi connectivity index (χ4n) is 3.10. The van der Waals surface area contributed by atoms with Gasteiger partial charge in [-0.25, -0.2) is 8.42 Å². The summed E-state index contributed by atoms with van der Waals surface area (Å²) in [4.78, 5) is 2.54. The Morgan fingerprint density at radius 3 is 2.35 bits per heavy atom. The van der Waals surface area contributed by atoms with Gasteiger partial charge in [-0.05, 0) is 73.7 Å². The van der Waals surface area contributed by atoms with Gasteiger partial charge < -0.3 is 20.1 Å². The summed E-state index contributed by atoms with van der Waals surface area (Å²) in [5.74, 6) is 0.657. The van der Waals surface area contributed by atoms with E-state index in [1.807, 2.05) is 0 Å². The molecule has 0 aliphatic carbocycles. The maximum atomic E-state index is 12.6. The molecule has 31 heavy (non-hydrogen) atoms. The maximum Gasteiger partial charge on any atom is 0.261 e. The van der Waals surface area contributed by atoms with Crippen LogP contribution in [0.4, 0.5) is 11.4 Å². The SMILES string of the molecule is COc1ccc(NS(=O)(=O)c2ccc(NC(=S)NCCCN3CCOCC3)cc2)cc1. The molecular formula is C21H28N4O4S2. The highest BCUT2D eigenvalue weighted by molar-refractivity contribution is 7.92. The first-order valence-electron chi connectivity index (χ1n) is 10.1. The van der Waals surface area contributed by atoms with Crippen LogP contribution in [-0.2, 0) is 14.8 Å². The van der Waals surface area contributed by atoms with Crippen LogP contribution in [0, 0.1) is 0 Å². The van der Waals surface area contributed by atoms with Gasteiger partial charge in [-0.1, -0.05) is 0 Å². The second kappa shape index (κ2) is 11.3. The van der Waals surface area contributed by atoms with Crippen molar-refractivity contribution in [3.8, 4) is 5.75 Å². The largest absolute Gasteiger partial charge is 0.497 e. The summed E-state index contributed by atoms with van der Waals surface area (Å²) in [6, 6.07) is 13.1. The topological polar surface area (TPSA) is 91.9 Å². The van der Waals surface area contributed by atoms with Crippen LogP contribution in [0.5, 0.6) is 5.75 Å². The molecule has 3 rings (SSSR count). The Morgan fingerprint density at radius 2 is 1.71 bits per heavy atom. The van der Waals surface area contributed by atoms with Crippen LogP contribution < -0.4 is 20.1 Å². The number of hydrogen-bond acceptors (Lipinski definition) is 6. The lowest BCUT2D eigenvalue weighted by Crippen LogP contribution is -2.38. The zero-order valence-corrected chi connectivity index (χ0v) is 19.1. The first-order chi connectivity index (χ1) is 15.0. The summed E-state index contributed by atoms with van der Waals surface area (Å²) >= 11 is 5.32. The monoisotopic (exact) mass is 464 g/mol. The minimum atomic E-state index is -3.69. The summed E-state index contributed by atoms with van der Waals surface area (Å²) in [7, 11) is -2.13. The first kappa shape index (κ1) is 23.3. The van der Waals surface area contributed by atoms with Gasteiger partial charge in [-0.2, -0.15) is 0 Å². The highest BCUT2D eigenvalue weighted by atomic mass is 32.2. The van der Waals surface area contributed by atoms with Crippen LogP contribution in [0.25, 0.3) is 0 Å². The number of hydrogen-bond donors (Lipinski definition) is 3. The van der Waals surface area contributed by atoms with Crippen molar-refractivity contribution in [2.45, 2.75) is 11.3 Å². The molecule has 0 saturated carbocycles. The molecule has 0 radical (unpaired) electrons. The number of anilines is 2. The fourth-order valence-corrected chi connectivity index (χ4v) is 4.37. The molecule has 0 spiro atoms. The summed E-state index contributed by atoms with van der Waals surface area (Å²) < 4.78 is 38.1. The van der Waals surface area contributed by atoms with E-state index in [0.717, 1.165) is 45.8 Å². The number of methoxy groups -OCH3 is 1. The molecule has 1 aliphatic heterocycles. The van der Waals surface area contributed by atoms with Gasteiger partial charge in [0.2, 0.25) is 0 Å². The molecule has 0 unspecified atom stereocenters. The van der Waals surface area contributed by atoms with Gasteiger partial charge in [0.05, 0.1) is 25.2 Å². The van der Waals surface area contributed by atoms with Gasteiger partial charge in [0.1, 0.15) is 5.75 Å². The molecule has 10 heteroatoms. The Hall–Kier alpha value is -2.40. The van der Waals surface area contributed by atoms with E-state index in [2.05, 4.69) is 20.3 Å². The maximum absolute atomic E-state index is 12.6. The van der Waals surface area contributed by atoms with Crippen LogP contribution in [0.1, 0.15) is 6.42 Å². The van der Waals surface area contributed by atoms with Crippen molar-refractivity contribution in [3.05, 3.63) is 48.5 Å². The molecule has 8 nitrogen and oxygen atoms in total. The minimum absolute atomic E-state index is 0.165. The second-order valence-electron chi connectivity index (χ2n) is 7.05. The van der Waals surface area contributed by atoms with E-state index in [0.29, 0.717) is 22.2 Å². The van der Waals surface area contributed by atoms with Crippen molar-refractivity contribution >= 4 is 38.7 Å². The van der Waals surface area contributed by atoms with Gasteiger partial charge >= 0.3 is 0 Å². The number of ether oxygens (including phenoxy) is 2. The Balaban J connectivity index is 1.45. The van der Waals surface area contributed by atoms with Crippen molar-refractivity contribution in [2.75, 3.05) is 56.5 Å². The van der Waals surface area contributed by atoms with Crippen LogP contribution in [0.2, 0.25) is 0 Å². The summed E-state index contributed by atoms with van der Waals surface area (Å²) in [6.07, 6.45) is 0.982. The third-order valence-electron chi connectivity index (χ3n) is 4.81. The molecular weight excluding hydrogens is 436 g/mol. The third-order valence-corrected chi connectivity index (χ3v) is 6.45. The average Bonchev–Trinajstić information content (AvgIpc) is 2.78. The van der Waals surface area contributed by atoms with E-state index in [-0.39, 0.29) is 4.90 Å². The van der Waals surface area contributed by atoms with Crippen LogP contribution in [-0.4, -0.2) is 64.9 Å². The average molecular weight is 465 g/mol. The van der Waals surface area contributed by atoms with Gasteiger partial charge in [-0.15, -0.1) is 0 Å². The number of thiocarbonyl (C=S) groups is 1. The molecule has 2 aromatic carbocycles. The van der Waals surface area contributed by atoms with Crippen molar-refractivity contribution in [1.29, 1.82) is 0 Å². The molecule has 3 N–H and O–H groups in total. The fraction of sp³-hybridized carbons (Fsp3) is 0.381. The zero-order chi connectivity index (χ0) is 22.1. The Bertz CT molecular complexity index is 944. The Kier molecular flexibility index (Phi) is 8.47. The zero-order valence-electron chi connectivity index (χ0n) is 17.5. The molecule has 0 amide bonds. The second-order valence-corrected chi connectivity index (χ2v) is 9.14. The molecule has 2 aromatic rings. The highest BCUT2D eigenvalue weighted by Crippen LogP contribution is 2.20. The number of nitrogens with one attached hydrogen (secondary N) is 3. The van der Waals surface area contributed by atoms with E-state index in [1.165, 1.54) is 12.1 Å². The third kappa shape index (κ3) is 7.35. The first-order valence-corrected chi connectivity index (χ1v) is 12.0. The Labute approximate surface area is 189 Å². The lowest BCUT2D eigenvalue weighted by molar-refractivity contribution is 0.0376. The number of morpholine rings is 1. The van der Waals surface area contributed by atoms with Crippen LogP contribution >= 0.6 is 12.2 Å². The lowest BCUT2D eigenvalue weighted by Gasteiger charge is -2.26. The smallest absolute Gasteiger partial charge is 0.261 e. The molecule has 0 aromatic heterocycles. The number of sulfonamides is 1. The molecule has 0 bridgehead atoms. The van der Waals surface area contributed by atoms with Crippen LogP contribution in [0.15, 0.2) is 53.4 Å². The summed E-state index contributed by atoms with van der Waals surface area (Å²) in [5, 5.41) is 6.77. The molecule has 1 aliphatic rings. The molecule has 1 heterocycles. The number of nitrogens with zero attached hydrogens (tertiary/aromatic N) is 1. The van der Waals surface area contributed by atoms with Gasteiger partial charge in [0.25, 0.3) is 10.0 Å². The van der Waals surface area contributed by atoms with Crippen molar-refractivity contribution < 1.29 is 17.9 Å². The van der Waals surface area contributed by atoms with Crippen molar-refractivity contribution in [2.24, 2.45) is 0 Å². The molecule has 168 valence electrons. The summed E-state index contributed by atoms with van der Waals surface area (Å²) in [6.45, 7) is 5.33. The molecule has 1 fully saturated rings.